The lowest BCUT2D eigenvalue weighted by Crippen LogP contribution is -2.22. The number of anilines is 2. The largest absolute Gasteiger partial charge is 0.433 e. The molecule has 0 saturated heterocycles. The van der Waals surface area contributed by atoms with E-state index in [-0.39, 0.29) is 22.8 Å². The minimum absolute atomic E-state index is 0.0460. The van der Waals surface area contributed by atoms with E-state index in [0.29, 0.717) is 28.1 Å². The van der Waals surface area contributed by atoms with Crippen LogP contribution in [-0.2, 0) is 18.0 Å². The summed E-state index contributed by atoms with van der Waals surface area (Å²) in [5.74, 6) is -0.661. The highest BCUT2D eigenvalue weighted by molar-refractivity contribution is 6.04. The number of carbonyl (C=O) groups is 2. The molecule has 9 nitrogen and oxygen atoms in total. The van der Waals surface area contributed by atoms with Crippen molar-refractivity contribution in [2.45, 2.75) is 20.0 Å². The molecule has 3 heterocycles. The third-order valence-electron chi connectivity index (χ3n) is 5.53. The monoisotopic (exact) mass is 522 g/mol. The van der Waals surface area contributed by atoms with Crippen LogP contribution in [-0.4, -0.2) is 31.6 Å². The summed E-state index contributed by atoms with van der Waals surface area (Å²) in [5, 5.41) is 9.59. The second-order valence-electron chi connectivity index (χ2n) is 8.40. The molecule has 3 aromatic heterocycles. The number of benzene rings is 1. The fourth-order valence-electron chi connectivity index (χ4n) is 3.67. The van der Waals surface area contributed by atoms with Gasteiger partial charge in [-0.2, -0.15) is 18.3 Å². The second-order valence-corrected chi connectivity index (χ2v) is 8.40. The van der Waals surface area contributed by atoms with E-state index in [1.807, 2.05) is 6.92 Å². The van der Waals surface area contributed by atoms with Gasteiger partial charge in [0.25, 0.3) is 11.5 Å². The second kappa shape index (κ2) is 10.2. The predicted molar refractivity (Wildman–Crippen MR) is 134 cm³/mol. The van der Waals surface area contributed by atoms with Gasteiger partial charge in [0.1, 0.15) is 11.5 Å². The molecule has 38 heavy (non-hydrogen) atoms. The van der Waals surface area contributed by atoms with Gasteiger partial charge in [-0.3, -0.25) is 19.4 Å². The molecule has 0 atom stereocenters. The van der Waals surface area contributed by atoms with E-state index < -0.39 is 17.8 Å². The van der Waals surface area contributed by atoms with Crippen molar-refractivity contribution in [3.8, 4) is 22.4 Å². The lowest BCUT2D eigenvalue weighted by Gasteiger charge is -2.13. The number of nitrogens with one attached hydrogen (secondary N) is 2. The minimum atomic E-state index is -4.61. The van der Waals surface area contributed by atoms with Crippen molar-refractivity contribution in [2.24, 2.45) is 7.05 Å². The van der Waals surface area contributed by atoms with E-state index in [2.05, 4.69) is 25.7 Å². The maximum absolute atomic E-state index is 12.9. The van der Waals surface area contributed by atoms with Crippen molar-refractivity contribution in [1.82, 2.24) is 19.7 Å². The zero-order chi connectivity index (χ0) is 27.6. The first-order valence-corrected chi connectivity index (χ1v) is 11.2. The van der Waals surface area contributed by atoms with Crippen molar-refractivity contribution in [3.63, 3.8) is 0 Å². The molecule has 0 fully saturated rings. The molecule has 0 bridgehead atoms. The first-order valence-electron chi connectivity index (χ1n) is 11.2. The maximum Gasteiger partial charge on any atom is 0.433 e. The van der Waals surface area contributed by atoms with Crippen LogP contribution in [0.5, 0.6) is 0 Å². The summed E-state index contributed by atoms with van der Waals surface area (Å²) >= 11 is 0. The number of alkyl halides is 3. The number of pyridine rings is 2. The Morgan fingerprint density at radius 1 is 0.947 bits per heavy atom. The highest BCUT2D eigenvalue weighted by Gasteiger charge is 2.32. The molecule has 12 heteroatoms. The third-order valence-corrected chi connectivity index (χ3v) is 5.53. The van der Waals surface area contributed by atoms with E-state index in [1.165, 1.54) is 24.9 Å². The van der Waals surface area contributed by atoms with Gasteiger partial charge in [0.05, 0.1) is 16.8 Å². The molecule has 0 aliphatic heterocycles. The fraction of sp³-hybridized carbons (Fsp3) is 0.154. The van der Waals surface area contributed by atoms with Crippen LogP contribution in [0, 0.1) is 6.92 Å². The predicted octanol–water partition coefficient (Wildman–Crippen LogP) is 4.44. The lowest BCUT2D eigenvalue weighted by molar-refractivity contribution is -0.141. The van der Waals surface area contributed by atoms with E-state index in [9.17, 15) is 27.6 Å². The number of aryl methyl sites for hydroxylation is 2. The van der Waals surface area contributed by atoms with Crippen LogP contribution in [0.15, 0.2) is 65.7 Å². The average molecular weight is 522 g/mol. The van der Waals surface area contributed by atoms with Gasteiger partial charge in [-0.25, -0.2) is 9.67 Å². The fourth-order valence-corrected chi connectivity index (χ4v) is 3.67. The van der Waals surface area contributed by atoms with Crippen molar-refractivity contribution >= 4 is 23.3 Å². The van der Waals surface area contributed by atoms with Crippen LogP contribution < -0.4 is 16.2 Å². The van der Waals surface area contributed by atoms with Gasteiger partial charge in [0, 0.05) is 37.6 Å². The lowest BCUT2D eigenvalue weighted by atomic mass is 10.0. The molecule has 2 N–H and O–H groups in total. The van der Waals surface area contributed by atoms with Crippen molar-refractivity contribution in [2.75, 3.05) is 10.6 Å². The Hall–Kier alpha value is -4.87. The van der Waals surface area contributed by atoms with Crippen molar-refractivity contribution in [1.29, 1.82) is 0 Å². The third kappa shape index (κ3) is 5.75. The molecule has 1 aromatic carbocycles. The molecule has 0 radical (unpaired) electrons. The molecular weight excluding hydrogens is 501 g/mol. The molecular formula is C26H21F3N6O3. The normalized spacial score (nSPS) is 11.2. The summed E-state index contributed by atoms with van der Waals surface area (Å²) in [5.41, 5.74) is 1.53. The Balaban J connectivity index is 1.67. The summed E-state index contributed by atoms with van der Waals surface area (Å²) in [6, 6.07) is 11.6. The van der Waals surface area contributed by atoms with E-state index in [0.717, 1.165) is 23.9 Å². The standard InChI is InChI=1S/C26H21F3N6O3/c1-14-4-6-18(33-24(37)17-5-7-22(31-13-17)26(27,28)29)11-19(14)21-12-20(25(38)35(3)34-21)16-8-9-30-23(10-16)32-15(2)36/h4-13H,1-3H3,(H,33,37)(H,30,32,36). The SMILES string of the molecule is CC(=O)Nc1cc(-c2cc(-c3cc(NC(=O)c4ccc(C(F)(F)F)nc4)ccc3C)nn(C)c2=O)ccn1. The Labute approximate surface area is 214 Å². The number of rotatable bonds is 5. The molecule has 0 spiro atoms. The highest BCUT2D eigenvalue weighted by atomic mass is 19.4. The number of carbonyl (C=O) groups excluding carboxylic acids is 2. The maximum atomic E-state index is 12.9. The molecule has 4 rings (SSSR count). The Kier molecular flexibility index (Phi) is 7.06. The Morgan fingerprint density at radius 3 is 2.37 bits per heavy atom. The van der Waals surface area contributed by atoms with E-state index in [4.69, 9.17) is 0 Å². The highest BCUT2D eigenvalue weighted by Crippen LogP contribution is 2.29. The van der Waals surface area contributed by atoms with E-state index >= 15 is 0 Å². The smallest absolute Gasteiger partial charge is 0.322 e. The zero-order valence-electron chi connectivity index (χ0n) is 20.4. The van der Waals surface area contributed by atoms with E-state index in [1.54, 1.807) is 36.4 Å². The first-order chi connectivity index (χ1) is 17.9. The minimum Gasteiger partial charge on any atom is -0.322 e. The molecule has 0 unspecified atom stereocenters. The molecule has 0 aliphatic rings. The first kappa shape index (κ1) is 26.2. The number of halogens is 3. The van der Waals surface area contributed by atoms with Crippen molar-refractivity contribution in [3.05, 3.63) is 88.1 Å². The van der Waals surface area contributed by atoms with Gasteiger partial charge in [0.15, 0.2) is 0 Å². The molecule has 194 valence electrons. The van der Waals surface area contributed by atoms with Crippen LogP contribution in [0.4, 0.5) is 24.7 Å². The van der Waals surface area contributed by atoms with Crippen molar-refractivity contribution < 1.29 is 22.8 Å². The van der Waals surface area contributed by atoms with Gasteiger partial charge in [0.2, 0.25) is 5.91 Å². The van der Waals surface area contributed by atoms with Crippen LogP contribution in [0.2, 0.25) is 0 Å². The molecule has 0 saturated carbocycles. The Bertz CT molecular complexity index is 1600. The number of nitrogens with zero attached hydrogens (tertiary/aromatic N) is 4. The van der Waals surface area contributed by atoms with Crippen LogP contribution in [0.3, 0.4) is 0 Å². The zero-order valence-corrected chi connectivity index (χ0v) is 20.4. The number of amides is 2. The summed E-state index contributed by atoms with van der Waals surface area (Å²) in [4.78, 5) is 44.3. The number of aromatic nitrogens is 4. The van der Waals surface area contributed by atoms with Gasteiger partial charge >= 0.3 is 6.18 Å². The van der Waals surface area contributed by atoms with Gasteiger partial charge in [-0.05, 0) is 60.5 Å². The average Bonchev–Trinajstić information content (AvgIpc) is 2.86. The topological polar surface area (TPSA) is 119 Å². The van der Waals surface area contributed by atoms with Crippen LogP contribution in [0.25, 0.3) is 22.4 Å². The molecule has 4 aromatic rings. The van der Waals surface area contributed by atoms with Gasteiger partial charge in [-0.15, -0.1) is 0 Å². The number of hydrogen-bond donors (Lipinski definition) is 2. The van der Waals surface area contributed by atoms with Crippen LogP contribution in [0.1, 0.15) is 28.5 Å². The summed E-state index contributed by atoms with van der Waals surface area (Å²) < 4.78 is 39.5. The van der Waals surface area contributed by atoms with Crippen LogP contribution >= 0.6 is 0 Å². The molecule has 2 amide bonds. The number of hydrogen-bond acceptors (Lipinski definition) is 6. The van der Waals surface area contributed by atoms with Gasteiger partial charge in [-0.1, -0.05) is 6.07 Å². The quantitative estimate of drug-likeness (QED) is 0.400. The van der Waals surface area contributed by atoms with Gasteiger partial charge < -0.3 is 10.6 Å². The summed E-state index contributed by atoms with van der Waals surface area (Å²) in [7, 11) is 1.50. The summed E-state index contributed by atoms with van der Waals surface area (Å²) in [6.45, 7) is 3.18. The summed E-state index contributed by atoms with van der Waals surface area (Å²) in [6.07, 6.45) is -2.28. The Morgan fingerprint density at radius 2 is 1.71 bits per heavy atom. The molecule has 0 aliphatic carbocycles.